The van der Waals surface area contributed by atoms with Crippen molar-refractivity contribution in [2.75, 3.05) is 0 Å². The van der Waals surface area contributed by atoms with Gasteiger partial charge in [0.15, 0.2) is 0 Å². The van der Waals surface area contributed by atoms with Gasteiger partial charge in [-0.3, -0.25) is 0 Å². The van der Waals surface area contributed by atoms with Crippen LogP contribution in [-0.2, 0) is 0 Å². The molecule has 0 heterocycles. The predicted octanol–water partition coefficient (Wildman–Crippen LogP) is 4.11. The van der Waals surface area contributed by atoms with Crippen molar-refractivity contribution in [2.24, 2.45) is 0 Å². The maximum atomic E-state index is 9.95. The van der Waals surface area contributed by atoms with E-state index < -0.39 is 0 Å². The van der Waals surface area contributed by atoms with Crippen molar-refractivity contribution in [3.05, 3.63) is 65.2 Å². The van der Waals surface area contributed by atoms with Gasteiger partial charge in [-0.2, -0.15) is 0 Å². The number of phenolic OH excluding ortho intramolecular Hbond substituents is 1. The van der Waals surface area contributed by atoms with Crippen LogP contribution in [0.3, 0.4) is 0 Å². The summed E-state index contributed by atoms with van der Waals surface area (Å²) >= 11 is 0. The summed E-state index contributed by atoms with van der Waals surface area (Å²) in [6, 6.07) is 16.4. The standard InChI is InChI=1S/C17H21NO/c1-12-9-10-17(19)16(11-12)14(3)18-13(2)15-7-5-4-6-8-15/h4-11,13-14,18-19H,1-3H3/t13-,14?/m1/s1. The second kappa shape index (κ2) is 5.89. The van der Waals surface area contributed by atoms with Crippen LogP contribution in [0.2, 0.25) is 0 Å². The highest BCUT2D eigenvalue weighted by Crippen LogP contribution is 2.27. The lowest BCUT2D eigenvalue weighted by Crippen LogP contribution is -2.22. The number of hydrogen-bond donors (Lipinski definition) is 2. The van der Waals surface area contributed by atoms with Crippen LogP contribution in [0.4, 0.5) is 0 Å². The first-order valence-corrected chi connectivity index (χ1v) is 6.68. The van der Waals surface area contributed by atoms with Crippen molar-refractivity contribution in [2.45, 2.75) is 32.9 Å². The molecule has 2 aromatic carbocycles. The Bertz CT molecular complexity index is 536. The molecule has 0 saturated carbocycles. The average molecular weight is 255 g/mol. The molecule has 0 amide bonds. The van der Waals surface area contributed by atoms with Crippen molar-refractivity contribution in [3.8, 4) is 5.75 Å². The van der Waals surface area contributed by atoms with Gasteiger partial charge in [0.25, 0.3) is 0 Å². The molecule has 0 radical (unpaired) electrons. The Balaban J connectivity index is 2.13. The van der Waals surface area contributed by atoms with Crippen molar-refractivity contribution >= 4 is 0 Å². The highest BCUT2D eigenvalue weighted by atomic mass is 16.3. The van der Waals surface area contributed by atoms with E-state index in [1.165, 1.54) is 5.56 Å². The molecule has 0 saturated heterocycles. The molecule has 0 aliphatic carbocycles. The van der Waals surface area contributed by atoms with Crippen molar-refractivity contribution in [3.63, 3.8) is 0 Å². The largest absolute Gasteiger partial charge is 0.508 e. The molecule has 2 heteroatoms. The number of benzene rings is 2. The Morgan fingerprint density at radius 2 is 1.63 bits per heavy atom. The fourth-order valence-corrected chi connectivity index (χ4v) is 2.32. The second-order valence-corrected chi connectivity index (χ2v) is 5.08. The normalized spacial score (nSPS) is 14.1. The lowest BCUT2D eigenvalue weighted by molar-refractivity contribution is 0.438. The van der Waals surface area contributed by atoms with Gasteiger partial charge in [-0.15, -0.1) is 0 Å². The minimum absolute atomic E-state index is 0.107. The molecule has 2 nitrogen and oxygen atoms in total. The van der Waals surface area contributed by atoms with Crippen LogP contribution in [0.5, 0.6) is 5.75 Å². The summed E-state index contributed by atoms with van der Waals surface area (Å²) in [4.78, 5) is 0. The van der Waals surface area contributed by atoms with Crippen LogP contribution in [0.25, 0.3) is 0 Å². The third-order valence-corrected chi connectivity index (χ3v) is 3.45. The Hall–Kier alpha value is -1.80. The second-order valence-electron chi connectivity index (χ2n) is 5.08. The van der Waals surface area contributed by atoms with Gasteiger partial charge in [-0.25, -0.2) is 0 Å². The van der Waals surface area contributed by atoms with Gasteiger partial charge >= 0.3 is 0 Å². The van der Waals surface area contributed by atoms with E-state index in [4.69, 9.17) is 0 Å². The molecular weight excluding hydrogens is 234 g/mol. The summed E-state index contributed by atoms with van der Waals surface area (Å²) in [5, 5.41) is 13.5. The fourth-order valence-electron chi connectivity index (χ4n) is 2.32. The fraction of sp³-hybridized carbons (Fsp3) is 0.294. The number of nitrogens with one attached hydrogen (secondary N) is 1. The van der Waals surface area contributed by atoms with E-state index in [2.05, 4.69) is 31.3 Å². The van der Waals surface area contributed by atoms with Gasteiger partial charge in [0.05, 0.1) is 0 Å². The summed E-state index contributed by atoms with van der Waals surface area (Å²) < 4.78 is 0. The van der Waals surface area contributed by atoms with E-state index in [9.17, 15) is 5.11 Å². The molecule has 2 atom stereocenters. The lowest BCUT2D eigenvalue weighted by Gasteiger charge is -2.21. The smallest absolute Gasteiger partial charge is 0.120 e. The van der Waals surface area contributed by atoms with Crippen LogP contribution in [0.15, 0.2) is 48.5 Å². The molecule has 2 N–H and O–H groups in total. The van der Waals surface area contributed by atoms with Gasteiger partial charge in [0, 0.05) is 17.6 Å². The Kier molecular flexibility index (Phi) is 4.23. The van der Waals surface area contributed by atoms with Crippen LogP contribution < -0.4 is 5.32 Å². The van der Waals surface area contributed by atoms with E-state index in [0.29, 0.717) is 5.75 Å². The van der Waals surface area contributed by atoms with Crippen LogP contribution in [-0.4, -0.2) is 5.11 Å². The molecule has 0 bridgehead atoms. The van der Waals surface area contributed by atoms with Crippen LogP contribution in [0, 0.1) is 6.92 Å². The van der Waals surface area contributed by atoms with Crippen molar-refractivity contribution in [1.82, 2.24) is 5.32 Å². The zero-order valence-corrected chi connectivity index (χ0v) is 11.7. The van der Waals surface area contributed by atoms with E-state index in [0.717, 1.165) is 11.1 Å². The van der Waals surface area contributed by atoms with E-state index in [-0.39, 0.29) is 12.1 Å². The average Bonchev–Trinajstić information content (AvgIpc) is 2.42. The van der Waals surface area contributed by atoms with Crippen LogP contribution in [0.1, 0.15) is 42.6 Å². The zero-order chi connectivity index (χ0) is 13.8. The van der Waals surface area contributed by atoms with E-state index >= 15 is 0 Å². The molecule has 100 valence electrons. The number of rotatable bonds is 4. The molecule has 0 spiro atoms. The number of hydrogen-bond acceptors (Lipinski definition) is 2. The third kappa shape index (κ3) is 3.36. The quantitative estimate of drug-likeness (QED) is 0.861. The van der Waals surface area contributed by atoms with Crippen molar-refractivity contribution in [1.29, 1.82) is 0 Å². The lowest BCUT2D eigenvalue weighted by atomic mass is 10.0. The van der Waals surface area contributed by atoms with Gasteiger partial charge in [-0.1, -0.05) is 48.0 Å². The Morgan fingerprint density at radius 1 is 0.947 bits per heavy atom. The molecule has 0 aliphatic rings. The third-order valence-electron chi connectivity index (χ3n) is 3.45. The molecule has 0 aromatic heterocycles. The summed E-state index contributed by atoms with van der Waals surface area (Å²) in [6.45, 7) is 6.25. The summed E-state index contributed by atoms with van der Waals surface area (Å²) in [5.41, 5.74) is 3.36. The van der Waals surface area contributed by atoms with Gasteiger partial charge in [-0.05, 0) is 32.4 Å². The minimum Gasteiger partial charge on any atom is -0.508 e. The molecular formula is C17H21NO. The van der Waals surface area contributed by atoms with Gasteiger partial charge in [0.2, 0.25) is 0 Å². The molecule has 0 fully saturated rings. The van der Waals surface area contributed by atoms with Crippen LogP contribution >= 0.6 is 0 Å². The first-order valence-electron chi connectivity index (χ1n) is 6.68. The molecule has 1 unspecified atom stereocenters. The number of aromatic hydroxyl groups is 1. The first-order chi connectivity index (χ1) is 9.08. The van der Waals surface area contributed by atoms with Gasteiger partial charge < -0.3 is 10.4 Å². The number of aryl methyl sites for hydroxylation is 1. The summed E-state index contributed by atoms with van der Waals surface area (Å²) in [6.07, 6.45) is 0. The summed E-state index contributed by atoms with van der Waals surface area (Å²) in [5.74, 6) is 0.353. The summed E-state index contributed by atoms with van der Waals surface area (Å²) in [7, 11) is 0. The monoisotopic (exact) mass is 255 g/mol. The highest BCUT2D eigenvalue weighted by Gasteiger charge is 2.14. The van der Waals surface area contributed by atoms with E-state index in [1.807, 2.05) is 37.3 Å². The Labute approximate surface area is 115 Å². The SMILES string of the molecule is Cc1ccc(O)c(C(C)N[C@H](C)c2ccccc2)c1. The van der Waals surface area contributed by atoms with Gasteiger partial charge in [0.1, 0.15) is 5.75 Å². The topological polar surface area (TPSA) is 32.3 Å². The maximum Gasteiger partial charge on any atom is 0.120 e. The molecule has 2 aromatic rings. The highest BCUT2D eigenvalue weighted by molar-refractivity contribution is 5.38. The Morgan fingerprint density at radius 3 is 2.32 bits per heavy atom. The molecule has 0 aliphatic heterocycles. The maximum absolute atomic E-state index is 9.95. The van der Waals surface area contributed by atoms with E-state index in [1.54, 1.807) is 6.07 Å². The minimum atomic E-state index is 0.107. The zero-order valence-electron chi connectivity index (χ0n) is 11.7. The molecule has 19 heavy (non-hydrogen) atoms. The first kappa shape index (κ1) is 13.6. The molecule has 2 rings (SSSR count). The predicted molar refractivity (Wildman–Crippen MR) is 79.3 cm³/mol. The van der Waals surface area contributed by atoms with Crippen molar-refractivity contribution < 1.29 is 5.11 Å². The number of phenols is 1.